The number of H-pyrrole nitrogens is 1. The normalized spacial score (nSPS) is 16.8. The summed E-state index contributed by atoms with van der Waals surface area (Å²) in [6.07, 6.45) is 5.37. The molecule has 1 aliphatic heterocycles. The highest BCUT2D eigenvalue weighted by atomic mass is 16.4. The number of pyridine rings is 1. The Kier molecular flexibility index (Phi) is 5.49. The second kappa shape index (κ2) is 8.23. The molecule has 0 spiro atoms. The lowest BCUT2D eigenvalue weighted by Gasteiger charge is -2.36. The number of amides is 1. The number of nitrogens with one attached hydrogen (secondary N) is 2. The molecule has 3 aromatic heterocycles. The Balaban J connectivity index is 1.76. The molecule has 3 aromatic rings. The van der Waals surface area contributed by atoms with Gasteiger partial charge in [0.05, 0.1) is 0 Å². The second-order valence-electron chi connectivity index (χ2n) is 7.78. The zero-order valence-electron chi connectivity index (χ0n) is 17.6. The number of hydrogen-bond donors (Lipinski definition) is 2. The lowest BCUT2D eigenvalue weighted by Crippen LogP contribution is -2.45. The van der Waals surface area contributed by atoms with E-state index in [4.69, 9.17) is 9.40 Å². The molecular formula is C20H26N8O2. The molecule has 1 aliphatic rings. The summed E-state index contributed by atoms with van der Waals surface area (Å²) >= 11 is 0. The first-order valence-electron chi connectivity index (χ1n) is 9.95. The van der Waals surface area contributed by atoms with Gasteiger partial charge in [-0.25, -0.2) is 9.97 Å². The van der Waals surface area contributed by atoms with Crippen LogP contribution in [0.1, 0.15) is 25.3 Å². The molecule has 158 valence electrons. The van der Waals surface area contributed by atoms with Crippen LogP contribution in [0, 0.1) is 6.92 Å². The van der Waals surface area contributed by atoms with Gasteiger partial charge < -0.3 is 19.5 Å². The predicted molar refractivity (Wildman–Crippen MR) is 113 cm³/mol. The van der Waals surface area contributed by atoms with Crippen LogP contribution in [-0.2, 0) is 4.79 Å². The van der Waals surface area contributed by atoms with Crippen LogP contribution < -0.4 is 10.2 Å². The summed E-state index contributed by atoms with van der Waals surface area (Å²) in [4.78, 5) is 29.3. The first-order valence-corrected chi connectivity index (χ1v) is 9.95. The number of oxazole rings is 1. The van der Waals surface area contributed by atoms with E-state index in [0.717, 1.165) is 42.9 Å². The number of piperidine rings is 1. The Labute approximate surface area is 174 Å². The number of aromatic nitrogens is 5. The smallest absolute Gasteiger partial charge is 0.229 e. The highest BCUT2D eigenvalue weighted by molar-refractivity contribution is 5.88. The van der Waals surface area contributed by atoms with E-state index in [-0.39, 0.29) is 5.91 Å². The van der Waals surface area contributed by atoms with E-state index < -0.39 is 0 Å². The molecule has 1 fully saturated rings. The minimum Gasteiger partial charge on any atom is -0.430 e. The zero-order chi connectivity index (χ0) is 21.3. The van der Waals surface area contributed by atoms with Gasteiger partial charge in [-0.3, -0.25) is 9.89 Å². The van der Waals surface area contributed by atoms with Gasteiger partial charge in [0, 0.05) is 37.8 Å². The number of aromatic amines is 1. The molecule has 0 saturated carbocycles. The van der Waals surface area contributed by atoms with Crippen LogP contribution in [-0.4, -0.2) is 69.2 Å². The van der Waals surface area contributed by atoms with Crippen molar-refractivity contribution in [3.8, 4) is 23.0 Å². The monoisotopic (exact) mass is 410 g/mol. The fraction of sp³-hybridized carbons (Fsp3) is 0.450. The van der Waals surface area contributed by atoms with Crippen LogP contribution in [0.25, 0.3) is 23.0 Å². The van der Waals surface area contributed by atoms with E-state index in [0.29, 0.717) is 29.3 Å². The van der Waals surface area contributed by atoms with Crippen molar-refractivity contribution < 1.29 is 9.21 Å². The van der Waals surface area contributed by atoms with Crippen molar-refractivity contribution >= 4 is 17.5 Å². The van der Waals surface area contributed by atoms with E-state index in [9.17, 15) is 4.79 Å². The Morgan fingerprint density at radius 3 is 2.90 bits per heavy atom. The van der Waals surface area contributed by atoms with E-state index in [1.165, 1.54) is 13.3 Å². The van der Waals surface area contributed by atoms with Gasteiger partial charge in [0.2, 0.25) is 17.6 Å². The highest BCUT2D eigenvalue weighted by Gasteiger charge is 2.29. The van der Waals surface area contributed by atoms with E-state index >= 15 is 0 Å². The molecule has 0 aliphatic carbocycles. The number of hydrogen-bond acceptors (Lipinski definition) is 8. The number of rotatable bonds is 5. The molecule has 30 heavy (non-hydrogen) atoms. The summed E-state index contributed by atoms with van der Waals surface area (Å²) in [6, 6.07) is 2.21. The van der Waals surface area contributed by atoms with Gasteiger partial charge in [0.25, 0.3) is 0 Å². The Bertz CT molecular complexity index is 1030. The molecule has 1 saturated heterocycles. The molecule has 10 heteroatoms. The van der Waals surface area contributed by atoms with Crippen molar-refractivity contribution in [1.82, 2.24) is 30.0 Å². The minimum absolute atomic E-state index is 0.184. The van der Waals surface area contributed by atoms with Crippen molar-refractivity contribution in [2.45, 2.75) is 32.7 Å². The van der Waals surface area contributed by atoms with Crippen LogP contribution in [0.3, 0.4) is 0 Å². The Hall–Kier alpha value is -3.27. The Morgan fingerprint density at radius 2 is 2.20 bits per heavy atom. The van der Waals surface area contributed by atoms with E-state index in [2.05, 4.69) is 49.4 Å². The van der Waals surface area contributed by atoms with Gasteiger partial charge in [-0.05, 0) is 45.5 Å². The second-order valence-corrected chi connectivity index (χ2v) is 7.78. The molecule has 0 radical (unpaired) electrons. The SMILES string of the molecule is CC(=O)Nc1cc(-c2nc(N3CCCC(N(C)C)C3)c(-c3ncn[nH]3)o2)c(C)cn1. The standard InChI is InChI=1S/C20H26N8O2/c1-12-9-21-16(24-13(2)29)8-15(12)20-25-19(17(30-20)18-22-11-23-26-18)28-7-5-6-14(10-28)27(3)4/h8-9,11,14H,5-7,10H2,1-4H3,(H,21,24,29)(H,22,23,26). The summed E-state index contributed by atoms with van der Waals surface area (Å²) in [5.41, 5.74) is 1.66. The number of aryl methyl sites for hydroxylation is 1. The van der Waals surface area contributed by atoms with Crippen LogP contribution in [0.5, 0.6) is 0 Å². The maximum absolute atomic E-state index is 11.4. The third-order valence-electron chi connectivity index (χ3n) is 5.30. The molecular weight excluding hydrogens is 384 g/mol. The average molecular weight is 410 g/mol. The summed E-state index contributed by atoms with van der Waals surface area (Å²) in [6.45, 7) is 5.13. The maximum atomic E-state index is 11.4. The van der Waals surface area contributed by atoms with Gasteiger partial charge in [-0.1, -0.05) is 0 Å². The summed E-state index contributed by atoms with van der Waals surface area (Å²) < 4.78 is 6.19. The topological polar surface area (TPSA) is 116 Å². The van der Waals surface area contributed by atoms with Crippen molar-refractivity contribution in [2.75, 3.05) is 37.4 Å². The number of nitrogens with zero attached hydrogens (tertiary/aromatic N) is 6. The maximum Gasteiger partial charge on any atom is 0.229 e. The third-order valence-corrected chi connectivity index (χ3v) is 5.30. The van der Waals surface area contributed by atoms with Gasteiger partial charge in [0.15, 0.2) is 11.6 Å². The van der Waals surface area contributed by atoms with Crippen molar-refractivity contribution in [2.24, 2.45) is 0 Å². The first-order chi connectivity index (χ1) is 14.4. The van der Waals surface area contributed by atoms with Crippen molar-refractivity contribution in [3.63, 3.8) is 0 Å². The summed E-state index contributed by atoms with van der Waals surface area (Å²) in [5.74, 6) is 2.55. The molecule has 0 aromatic carbocycles. The molecule has 1 atom stereocenters. The molecule has 0 bridgehead atoms. The highest BCUT2D eigenvalue weighted by Crippen LogP contribution is 2.36. The van der Waals surface area contributed by atoms with Gasteiger partial charge in [0.1, 0.15) is 12.1 Å². The average Bonchev–Trinajstić information content (AvgIpc) is 3.39. The van der Waals surface area contributed by atoms with Crippen molar-refractivity contribution in [1.29, 1.82) is 0 Å². The quantitative estimate of drug-likeness (QED) is 0.658. The fourth-order valence-electron chi connectivity index (χ4n) is 3.68. The third kappa shape index (κ3) is 4.04. The molecule has 4 rings (SSSR count). The number of carbonyl (C=O) groups excluding carboxylic acids is 1. The van der Waals surface area contributed by atoms with Crippen LogP contribution in [0.4, 0.5) is 11.6 Å². The lowest BCUT2D eigenvalue weighted by atomic mass is 10.0. The Morgan fingerprint density at radius 1 is 1.37 bits per heavy atom. The first kappa shape index (κ1) is 20.0. The van der Waals surface area contributed by atoms with E-state index in [1.807, 2.05) is 6.92 Å². The predicted octanol–water partition coefficient (Wildman–Crippen LogP) is 2.32. The van der Waals surface area contributed by atoms with Gasteiger partial charge in [-0.2, -0.15) is 10.1 Å². The minimum atomic E-state index is -0.184. The van der Waals surface area contributed by atoms with E-state index in [1.54, 1.807) is 12.3 Å². The van der Waals surface area contributed by atoms with Crippen LogP contribution in [0.2, 0.25) is 0 Å². The van der Waals surface area contributed by atoms with Gasteiger partial charge >= 0.3 is 0 Å². The zero-order valence-corrected chi connectivity index (χ0v) is 17.6. The lowest BCUT2D eigenvalue weighted by molar-refractivity contribution is -0.114. The number of likely N-dealkylation sites (N-methyl/N-ethyl adjacent to an activating group) is 1. The van der Waals surface area contributed by atoms with Gasteiger partial charge in [-0.15, -0.1) is 0 Å². The molecule has 1 unspecified atom stereocenters. The molecule has 1 amide bonds. The molecule has 10 nitrogen and oxygen atoms in total. The number of carbonyl (C=O) groups is 1. The van der Waals surface area contributed by atoms with Crippen LogP contribution >= 0.6 is 0 Å². The molecule has 2 N–H and O–H groups in total. The number of anilines is 2. The fourth-order valence-corrected chi connectivity index (χ4v) is 3.68. The summed E-state index contributed by atoms with van der Waals surface area (Å²) in [5, 5.41) is 9.56. The molecule has 4 heterocycles. The van der Waals surface area contributed by atoms with Crippen molar-refractivity contribution in [3.05, 3.63) is 24.2 Å². The largest absolute Gasteiger partial charge is 0.430 e. The van der Waals surface area contributed by atoms with Crippen LogP contribution in [0.15, 0.2) is 23.0 Å². The summed E-state index contributed by atoms with van der Waals surface area (Å²) in [7, 11) is 4.20.